The molecule has 112 valence electrons. The van der Waals surface area contributed by atoms with Gasteiger partial charge in [-0.05, 0) is 31.5 Å². The Labute approximate surface area is 122 Å². The second kappa shape index (κ2) is 5.73. The molecule has 21 heavy (non-hydrogen) atoms. The van der Waals surface area contributed by atoms with Gasteiger partial charge in [-0.15, -0.1) is 0 Å². The van der Waals surface area contributed by atoms with Crippen molar-refractivity contribution in [1.29, 1.82) is 0 Å². The van der Waals surface area contributed by atoms with Crippen molar-refractivity contribution in [2.45, 2.75) is 25.4 Å². The number of hydrogen-bond acceptors (Lipinski definition) is 5. The fourth-order valence-corrected chi connectivity index (χ4v) is 2.84. The molecule has 1 saturated heterocycles. The lowest BCUT2D eigenvalue weighted by atomic mass is 10.1. The van der Waals surface area contributed by atoms with Crippen molar-refractivity contribution in [2.75, 3.05) is 20.8 Å². The van der Waals surface area contributed by atoms with Crippen LogP contribution in [0, 0.1) is 0 Å². The van der Waals surface area contributed by atoms with Crippen LogP contribution in [-0.4, -0.2) is 36.6 Å². The highest BCUT2D eigenvalue weighted by atomic mass is 16.5. The van der Waals surface area contributed by atoms with Crippen LogP contribution in [0.2, 0.25) is 0 Å². The first-order chi connectivity index (χ1) is 10.2. The number of benzene rings is 1. The van der Waals surface area contributed by atoms with Gasteiger partial charge in [0.15, 0.2) is 11.5 Å². The molecule has 1 N–H and O–H groups in total. The first-order valence-corrected chi connectivity index (χ1v) is 7.08. The van der Waals surface area contributed by atoms with Crippen LogP contribution in [0.3, 0.4) is 0 Å². The number of nitrogens with one attached hydrogen (secondary N) is 1. The molecule has 0 unspecified atom stereocenters. The lowest BCUT2D eigenvalue weighted by Crippen LogP contribution is -2.33. The molecule has 0 saturated carbocycles. The van der Waals surface area contributed by atoms with E-state index in [0.29, 0.717) is 29.5 Å². The zero-order valence-corrected chi connectivity index (χ0v) is 12.3. The van der Waals surface area contributed by atoms with Crippen molar-refractivity contribution in [2.24, 2.45) is 0 Å². The molecular formula is C15H19N3O3. The number of aromatic nitrogens is 2. The van der Waals surface area contributed by atoms with Gasteiger partial charge in [-0.3, -0.25) is 4.79 Å². The van der Waals surface area contributed by atoms with Gasteiger partial charge in [-0.1, -0.05) is 0 Å². The smallest absolute Gasteiger partial charge is 0.278 e. The second-order valence-corrected chi connectivity index (χ2v) is 5.19. The van der Waals surface area contributed by atoms with Gasteiger partial charge in [-0.25, -0.2) is 4.68 Å². The van der Waals surface area contributed by atoms with Gasteiger partial charge in [0.1, 0.15) is 0 Å². The Balaban J connectivity index is 2.11. The Morgan fingerprint density at radius 1 is 1.38 bits per heavy atom. The van der Waals surface area contributed by atoms with E-state index in [2.05, 4.69) is 10.4 Å². The van der Waals surface area contributed by atoms with Gasteiger partial charge < -0.3 is 14.8 Å². The Morgan fingerprint density at radius 2 is 2.24 bits per heavy atom. The summed E-state index contributed by atoms with van der Waals surface area (Å²) in [4.78, 5) is 12.7. The summed E-state index contributed by atoms with van der Waals surface area (Å²) >= 11 is 0. The molecule has 6 nitrogen and oxygen atoms in total. The zero-order valence-electron chi connectivity index (χ0n) is 12.3. The SMILES string of the molecule is COc1ccc2cnn(C[C@H]3CCCN3)c(=O)c2c1OC. The van der Waals surface area contributed by atoms with Crippen molar-refractivity contribution in [1.82, 2.24) is 15.1 Å². The van der Waals surface area contributed by atoms with E-state index in [1.807, 2.05) is 6.07 Å². The quantitative estimate of drug-likeness (QED) is 0.915. The predicted molar refractivity (Wildman–Crippen MR) is 80.1 cm³/mol. The van der Waals surface area contributed by atoms with Crippen LogP contribution in [-0.2, 0) is 6.54 Å². The third-order valence-electron chi connectivity index (χ3n) is 3.92. The third kappa shape index (κ3) is 2.47. The number of ether oxygens (including phenoxy) is 2. The Hall–Kier alpha value is -2.08. The van der Waals surface area contributed by atoms with Gasteiger partial charge in [0.25, 0.3) is 5.56 Å². The topological polar surface area (TPSA) is 65.4 Å². The average molecular weight is 289 g/mol. The van der Waals surface area contributed by atoms with E-state index in [1.54, 1.807) is 26.5 Å². The maximum Gasteiger partial charge on any atom is 0.278 e. The summed E-state index contributed by atoms with van der Waals surface area (Å²) in [6.45, 7) is 1.58. The molecule has 0 aliphatic carbocycles. The number of fused-ring (bicyclic) bond motifs is 1. The van der Waals surface area contributed by atoms with Gasteiger partial charge in [0, 0.05) is 11.4 Å². The lowest BCUT2D eigenvalue weighted by Gasteiger charge is -2.14. The molecule has 0 bridgehead atoms. The fraction of sp³-hybridized carbons (Fsp3) is 0.467. The van der Waals surface area contributed by atoms with Gasteiger partial charge in [0.2, 0.25) is 0 Å². The molecule has 1 aliphatic rings. The Kier molecular flexibility index (Phi) is 3.79. The number of nitrogens with zero attached hydrogens (tertiary/aromatic N) is 2. The Morgan fingerprint density at radius 3 is 2.90 bits per heavy atom. The molecule has 1 fully saturated rings. The van der Waals surface area contributed by atoms with E-state index in [1.165, 1.54) is 4.68 Å². The minimum atomic E-state index is -0.142. The molecule has 0 radical (unpaired) electrons. The molecule has 2 aromatic rings. The molecular weight excluding hydrogens is 270 g/mol. The summed E-state index contributed by atoms with van der Waals surface area (Å²) < 4.78 is 12.1. The minimum absolute atomic E-state index is 0.142. The first-order valence-electron chi connectivity index (χ1n) is 7.08. The predicted octanol–water partition coefficient (Wildman–Crippen LogP) is 1.17. The van der Waals surface area contributed by atoms with Crippen LogP contribution < -0.4 is 20.3 Å². The van der Waals surface area contributed by atoms with Crippen molar-refractivity contribution in [3.8, 4) is 11.5 Å². The fourth-order valence-electron chi connectivity index (χ4n) is 2.84. The summed E-state index contributed by atoms with van der Waals surface area (Å²) in [7, 11) is 3.10. The van der Waals surface area contributed by atoms with Crippen molar-refractivity contribution in [3.05, 3.63) is 28.7 Å². The standard InChI is InChI=1S/C15H19N3O3/c1-20-12-6-5-10-8-17-18(9-11-4-3-7-16-11)15(19)13(10)14(12)21-2/h5-6,8,11,16H,3-4,7,9H2,1-2H3/t11-/m1/s1. The Bertz CT molecular complexity index is 705. The van der Waals surface area contributed by atoms with E-state index in [-0.39, 0.29) is 5.56 Å². The molecule has 0 spiro atoms. The van der Waals surface area contributed by atoms with Crippen LogP contribution in [0.1, 0.15) is 12.8 Å². The van der Waals surface area contributed by atoms with Crippen molar-refractivity contribution >= 4 is 10.8 Å². The molecule has 2 heterocycles. The summed E-state index contributed by atoms with van der Waals surface area (Å²) in [6, 6.07) is 3.92. The normalized spacial score (nSPS) is 18.1. The monoisotopic (exact) mass is 289 g/mol. The summed E-state index contributed by atoms with van der Waals surface area (Å²) in [5, 5.41) is 8.92. The maximum atomic E-state index is 12.7. The van der Waals surface area contributed by atoms with E-state index >= 15 is 0 Å². The minimum Gasteiger partial charge on any atom is -0.493 e. The third-order valence-corrected chi connectivity index (χ3v) is 3.92. The molecule has 6 heteroatoms. The highest BCUT2D eigenvalue weighted by molar-refractivity contribution is 5.89. The van der Waals surface area contributed by atoms with Crippen molar-refractivity contribution in [3.63, 3.8) is 0 Å². The maximum absolute atomic E-state index is 12.7. The summed E-state index contributed by atoms with van der Waals surface area (Å²) in [6.07, 6.45) is 3.92. The average Bonchev–Trinajstić information content (AvgIpc) is 3.02. The molecule has 0 amide bonds. The van der Waals surface area contributed by atoms with Crippen molar-refractivity contribution < 1.29 is 9.47 Å². The number of hydrogen-bond donors (Lipinski definition) is 1. The van der Waals surface area contributed by atoms with Crippen LogP contribution in [0.4, 0.5) is 0 Å². The lowest BCUT2D eigenvalue weighted by molar-refractivity contribution is 0.358. The summed E-state index contributed by atoms with van der Waals surface area (Å²) in [5.74, 6) is 1.02. The van der Waals surface area contributed by atoms with E-state index < -0.39 is 0 Å². The van der Waals surface area contributed by atoms with Crippen LogP contribution in [0.15, 0.2) is 23.1 Å². The van der Waals surface area contributed by atoms with Gasteiger partial charge in [0.05, 0.1) is 32.3 Å². The largest absolute Gasteiger partial charge is 0.493 e. The highest BCUT2D eigenvalue weighted by Gasteiger charge is 2.18. The zero-order chi connectivity index (χ0) is 14.8. The van der Waals surface area contributed by atoms with E-state index in [4.69, 9.17) is 9.47 Å². The molecule has 3 rings (SSSR count). The first kappa shape index (κ1) is 13.9. The number of methoxy groups -OCH3 is 2. The van der Waals surface area contributed by atoms with Gasteiger partial charge in [-0.2, -0.15) is 5.10 Å². The molecule has 1 aromatic carbocycles. The van der Waals surface area contributed by atoms with Crippen LogP contribution in [0.25, 0.3) is 10.8 Å². The van der Waals surface area contributed by atoms with Crippen LogP contribution in [0.5, 0.6) is 11.5 Å². The van der Waals surface area contributed by atoms with Gasteiger partial charge >= 0.3 is 0 Å². The van der Waals surface area contributed by atoms with E-state index in [0.717, 1.165) is 24.8 Å². The highest BCUT2D eigenvalue weighted by Crippen LogP contribution is 2.32. The molecule has 1 aromatic heterocycles. The van der Waals surface area contributed by atoms with Crippen LogP contribution >= 0.6 is 0 Å². The number of rotatable bonds is 4. The summed E-state index contributed by atoms with van der Waals surface area (Å²) in [5.41, 5.74) is -0.142. The second-order valence-electron chi connectivity index (χ2n) is 5.19. The van der Waals surface area contributed by atoms with E-state index in [9.17, 15) is 4.79 Å². The molecule has 1 aliphatic heterocycles. The molecule has 1 atom stereocenters.